The highest BCUT2D eigenvalue weighted by molar-refractivity contribution is 5.75. The summed E-state index contributed by atoms with van der Waals surface area (Å²) in [6.07, 6.45) is 0.245. The molecule has 5 heteroatoms. The maximum Gasteiger partial charge on any atom is 0.118 e. The van der Waals surface area contributed by atoms with Crippen molar-refractivity contribution in [3.63, 3.8) is 0 Å². The SMILES string of the molecule is CCc1nc2ccccc2n1CC(O)COCc1ccc(OC)cc1. The van der Waals surface area contributed by atoms with Gasteiger partial charge in [0.1, 0.15) is 11.6 Å². The molecule has 3 aromatic rings. The Morgan fingerprint density at radius 2 is 1.88 bits per heavy atom. The van der Waals surface area contributed by atoms with Crippen LogP contribution in [0, 0.1) is 0 Å². The van der Waals surface area contributed by atoms with Crippen LogP contribution < -0.4 is 4.74 Å². The standard InChI is InChI=1S/C20H24N2O3/c1-3-20-21-18-6-4-5-7-19(18)22(20)12-16(23)14-25-13-15-8-10-17(24-2)11-9-15/h4-11,16,23H,3,12-14H2,1-2H3. The summed E-state index contributed by atoms with van der Waals surface area (Å²) in [6.45, 7) is 3.30. The molecule has 3 rings (SSSR count). The maximum atomic E-state index is 10.4. The summed E-state index contributed by atoms with van der Waals surface area (Å²) >= 11 is 0. The molecule has 0 fully saturated rings. The van der Waals surface area contributed by atoms with Crippen LogP contribution in [0.5, 0.6) is 5.75 Å². The number of imidazole rings is 1. The molecule has 1 heterocycles. The van der Waals surface area contributed by atoms with Gasteiger partial charge in [0.2, 0.25) is 0 Å². The Kier molecular flexibility index (Phi) is 5.68. The van der Waals surface area contributed by atoms with E-state index in [1.165, 1.54) is 0 Å². The first-order valence-corrected chi connectivity index (χ1v) is 8.54. The maximum absolute atomic E-state index is 10.4. The summed E-state index contributed by atoms with van der Waals surface area (Å²) in [4.78, 5) is 4.63. The van der Waals surface area contributed by atoms with Gasteiger partial charge in [0.15, 0.2) is 0 Å². The van der Waals surface area contributed by atoms with Crippen LogP contribution in [0.3, 0.4) is 0 Å². The van der Waals surface area contributed by atoms with Crippen LogP contribution >= 0.6 is 0 Å². The Hall–Kier alpha value is -2.37. The molecule has 0 bridgehead atoms. The number of benzene rings is 2. The number of aliphatic hydroxyl groups excluding tert-OH is 1. The van der Waals surface area contributed by atoms with E-state index in [0.717, 1.165) is 34.6 Å². The van der Waals surface area contributed by atoms with Crippen LogP contribution in [-0.2, 0) is 24.3 Å². The summed E-state index contributed by atoms with van der Waals surface area (Å²) in [5.74, 6) is 1.80. The first kappa shape index (κ1) is 17.5. The first-order valence-electron chi connectivity index (χ1n) is 8.54. The lowest BCUT2D eigenvalue weighted by Gasteiger charge is -2.15. The minimum Gasteiger partial charge on any atom is -0.497 e. The summed E-state index contributed by atoms with van der Waals surface area (Å²) in [7, 11) is 1.65. The van der Waals surface area contributed by atoms with E-state index in [4.69, 9.17) is 9.47 Å². The van der Waals surface area contributed by atoms with Gasteiger partial charge in [0.05, 0.1) is 44.0 Å². The van der Waals surface area contributed by atoms with E-state index < -0.39 is 6.10 Å². The Balaban J connectivity index is 1.58. The van der Waals surface area contributed by atoms with Crippen molar-refractivity contribution in [1.82, 2.24) is 9.55 Å². The van der Waals surface area contributed by atoms with Gasteiger partial charge < -0.3 is 19.1 Å². The predicted octanol–water partition coefficient (Wildman–Crippen LogP) is 3.19. The Morgan fingerprint density at radius 3 is 2.60 bits per heavy atom. The largest absolute Gasteiger partial charge is 0.497 e. The second-order valence-corrected chi connectivity index (χ2v) is 6.00. The molecule has 1 atom stereocenters. The third-order valence-corrected chi connectivity index (χ3v) is 4.18. The second kappa shape index (κ2) is 8.14. The number of aliphatic hydroxyl groups is 1. The number of rotatable bonds is 8. The zero-order valence-electron chi connectivity index (χ0n) is 14.7. The van der Waals surface area contributed by atoms with E-state index in [-0.39, 0.29) is 6.61 Å². The number of hydrogen-bond acceptors (Lipinski definition) is 4. The Labute approximate surface area is 147 Å². The van der Waals surface area contributed by atoms with Crippen LogP contribution in [0.1, 0.15) is 18.3 Å². The quantitative estimate of drug-likeness (QED) is 0.684. The molecule has 1 unspecified atom stereocenters. The fourth-order valence-corrected chi connectivity index (χ4v) is 2.90. The molecular weight excluding hydrogens is 316 g/mol. The third-order valence-electron chi connectivity index (χ3n) is 4.18. The fourth-order valence-electron chi connectivity index (χ4n) is 2.90. The van der Waals surface area contributed by atoms with Crippen molar-refractivity contribution in [2.45, 2.75) is 32.6 Å². The van der Waals surface area contributed by atoms with Crippen molar-refractivity contribution in [3.8, 4) is 5.75 Å². The number of para-hydroxylation sites is 2. The van der Waals surface area contributed by atoms with E-state index in [2.05, 4.69) is 16.5 Å². The van der Waals surface area contributed by atoms with Crippen LogP contribution in [0.2, 0.25) is 0 Å². The molecule has 0 amide bonds. The normalized spacial score (nSPS) is 12.4. The number of fused-ring (bicyclic) bond motifs is 1. The van der Waals surface area contributed by atoms with E-state index in [9.17, 15) is 5.11 Å². The molecule has 25 heavy (non-hydrogen) atoms. The van der Waals surface area contributed by atoms with Gasteiger partial charge in [-0.25, -0.2) is 4.98 Å². The minimum absolute atomic E-state index is 0.279. The lowest BCUT2D eigenvalue weighted by Crippen LogP contribution is -2.23. The molecule has 132 valence electrons. The molecule has 0 spiro atoms. The summed E-state index contributed by atoms with van der Waals surface area (Å²) in [5.41, 5.74) is 3.06. The zero-order valence-corrected chi connectivity index (χ0v) is 14.7. The fraction of sp³-hybridized carbons (Fsp3) is 0.350. The smallest absolute Gasteiger partial charge is 0.118 e. The van der Waals surface area contributed by atoms with Gasteiger partial charge >= 0.3 is 0 Å². The molecule has 2 aromatic carbocycles. The van der Waals surface area contributed by atoms with Gasteiger partial charge in [-0.15, -0.1) is 0 Å². The highest BCUT2D eigenvalue weighted by atomic mass is 16.5. The first-order chi connectivity index (χ1) is 12.2. The van der Waals surface area contributed by atoms with Gasteiger partial charge in [-0.3, -0.25) is 0 Å². The number of ether oxygens (including phenoxy) is 2. The van der Waals surface area contributed by atoms with Crippen LogP contribution in [0.4, 0.5) is 0 Å². The number of methoxy groups -OCH3 is 1. The number of aromatic nitrogens is 2. The minimum atomic E-state index is -0.582. The third kappa shape index (κ3) is 4.18. The molecule has 0 aliphatic rings. The lowest BCUT2D eigenvalue weighted by molar-refractivity contribution is 0.0205. The predicted molar refractivity (Wildman–Crippen MR) is 97.8 cm³/mol. The summed E-state index contributed by atoms with van der Waals surface area (Å²) < 4.78 is 12.9. The van der Waals surface area contributed by atoms with Crippen molar-refractivity contribution in [2.75, 3.05) is 13.7 Å². The topological polar surface area (TPSA) is 56.5 Å². The van der Waals surface area contributed by atoms with Gasteiger partial charge in [0.25, 0.3) is 0 Å². The molecule has 1 aromatic heterocycles. The van der Waals surface area contributed by atoms with Crippen molar-refractivity contribution in [2.24, 2.45) is 0 Å². The van der Waals surface area contributed by atoms with E-state index in [1.54, 1.807) is 7.11 Å². The molecule has 5 nitrogen and oxygen atoms in total. The van der Waals surface area contributed by atoms with Crippen molar-refractivity contribution >= 4 is 11.0 Å². The van der Waals surface area contributed by atoms with E-state index in [1.807, 2.05) is 48.5 Å². The highest BCUT2D eigenvalue weighted by Gasteiger charge is 2.13. The molecule has 1 N–H and O–H groups in total. The highest BCUT2D eigenvalue weighted by Crippen LogP contribution is 2.17. The molecule has 0 aliphatic heterocycles. The van der Waals surface area contributed by atoms with Crippen LogP contribution in [0.15, 0.2) is 48.5 Å². The number of hydrogen-bond donors (Lipinski definition) is 1. The van der Waals surface area contributed by atoms with Gasteiger partial charge in [-0.1, -0.05) is 31.2 Å². The van der Waals surface area contributed by atoms with Crippen molar-refractivity contribution in [3.05, 3.63) is 59.9 Å². The summed E-state index contributed by atoms with van der Waals surface area (Å²) in [6, 6.07) is 15.7. The lowest BCUT2D eigenvalue weighted by atomic mass is 10.2. The zero-order chi connectivity index (χ0) is 17.6. The van der Waals surface area contributed by atoms with Crippen LogP contribution in [-0.4, -0.2) is 34.5 Å². The molecule has 0 radical (unpaired) electrons. The van der Waals surface area contributed by atoms with Gasteiger partial charge in [0, 0.05) is 6.42 Å². The summed E-state index contributed by atoms with van der Waals surface area (Å²) in [5, 5.41) is 10.4. The average Bonchev–Trinajstić information content (AvgIpc) is 3.00. The second-order valence-electron chi connectivity index (χ2n) is 6.00. The average molecular weight is 340 g/mol. The van der Waals surface area contributed by atoms with Crippen LogP contribution in [0.25, 0.3) is 11.0 Å². The van der Waals surface area contributed by atoms with Gasteiger partial charge in [-0.05, 0) is 29.8 Å². The molecule has 0 saturated heterocycles. The van der Waals surface area contributed by atoms with Crippen molar-refractivity contribution < 1.29 is 14.6 Å². The Morgan fingerprint density at radius 1 is 1.12 bits per heavy atom. The van der Waals surface area contributed by atoms with E-state index >= 15 is 0 Å². The number of nitrogens with zero attached hydrogens (tertiary/aromatic N) is 2. The molecule has 0 saturated carbocycles. The molecule has 0 aliphatic carbocycles. The van der Waals surface area contributed by atoms with Crippen molar-refractivity contribution in [1.29, 1.82) is 0 Å². The monoisotopic (exact) mass is 340 g/mol. The molecular formula is C20H24N2O3. The van der Waals surface area contributed by atoms with E-state index in [0.29, 0.717) is 13.2 Å². The number of aryl methyl sites for hydroxylation is 1. The Bertz CT molecular complexity index is 811. The van der Waals surface area contributed by atoms with Gasteiger partial charge in [-0.2, -0.15) is 0 Å².